The number of β-amino-alcohol motifs (C(OH)–C–C–N with tert-alkyl or cyclic N) is 1. The second-order valence-electron chi connectivity index (χ2n) is 5.58. The van der Waals surface area contributed by atoms with E-state index in [1.807, 2.05) is 19.1 Å². The van der Waals surface area contributed by atoms with Gasteiger partial charge in [-0.05, 0) is 19.8 Å². The first-order valence-corrected chi connectivity index (χ1v) is 6.72. The summed E-state index contributed by atoms with van der Waals surface area (Å²) in [5.41, 5.74) is 7.04. The molecule has 2 aliphatic heterocycles. The first kappa shape index (κ1) is 12.4. The number of nitrogens with zero attached hydrogens (tertiary/aromatic N) is 1. The number of nitrogens with two attached hydrogens (primary N) is 1. The number of benzene rings is 1. The second-order valence-corrected chi connectivity index (χ2v) is 5.58. The van der Waals surface area contributed by atoms with Crippen molar-refractivity contribution in [3.63, 3.8) is 0 Å². The zero-order valence-corrected chi connectivity index (χ0v) is 11.2. The van der Waals surface area contributed by atoms with Gasteiger partial charge in [-0.25, -0.2) is 0 Å². The van der Waals surface area contributed by atoms with E-state index in [1.54, 1.807) is 0 Å². The minimum absolute atomic E-state index is 0.560. The zero-order chi connectivity index (χ0) is 13.5. The quantitative estimate of drug-likeness (QED) is 0.750. The molecule has 1 aromatic rings. The van der Waals surface area contributed by atoms with E-state index in [4.69, 9.17) is 15.2 Å². The Kier molecular flexibility index (Phi) is 2.93. The fourth-order valence-electron chi connectivity index (χ4n) is 2.79. The molecule has 1 saturated heterocycles. The van der Waals surface area contributed by atoms with Gasteiger partial charge in [0.1, 0.15) is 13.2 Å². The topological polar surface area (TPSA) is 68.0 Å². The second kappa shape index (κ2) is 4.49. The molecule has 0 aromatic heterocycles. The molecule has 104 valence electrons. The summed E-state index contributed by atoms with van der Waals surface area (Å²) in [7, 11) is 0. The molecule has 3 N–H and O–H groups in total. The summed E-state index contributed by atoms with van der Waals surface area (Å²) in [6.07, 6.45) is 1.79. The molecule has 1 fully saturated rings. The summed E-state index contributed by atoms with van der Waals surface area (Å²) in [4.78, 5) is 2.12. The maximum Gasteiger partial charge on any atom is 0.163 e. The smallest absolute Gasteiger partial charge is 0.163 e. The maximum absolute atomic E-state index is 10.2. The highest BCUT2D eigenvalue weighted by molar-refractivity contribution is 5.73. The Hall–Kier alpha value is -1.62. The van der Waals surface area contributed by atoms with Crippen LogP contribution >= 0.6 is 0 Å². The lowest BCUT2D eigenvalue weighted by atomic mass is 9.94. The van der Waals surface area contributed by atoms with Crippen molar-refractivity contribution in [2.75, 3.05) is 36.9 Å². The lowest BCUT2D eigenvalue weighted by Crippen LogP contribution is -2.46. The van der Waals surface area contributed by atoms with Gasteiger partial charge in [-0.1, -0.05) is 0 Å². The summed E-state index contributed by atoms with van der Waals surface area (Å²) in [6.45, 7) is 4.49. The Balaban J connectivity index is 1.91. The molecular weight excluding hydrogens is 244 g/mol. The molecule has 5 heteroatoms. The Labute approximate surface area is 112 Å². The highest BCUT2D eigenvalue weighted by Gasteiger charge is 2.30. The summed E-state index contributed by atoms with van der Waals surface area (Å²) >= 11 is 0. The van der Waals surface area contributed by atoms with Gasteiger partial charge in [0.05, 0.1) is 17.0 Å². The Morgan fingerprint density at radius 2 is 1.95 bits per heavy atom. The Morgan fingerprint density at radius 1 is 1.26 bits per heavy atom. The average Bonchev–Trinajstić information content (AvgIpc) is 2.36. The zero-order valence-electron chi connectivity index (χ0n) is 11.2. The lowest BCUT2D eigenvalue weighted by Gasteiger charge is -2.39. The van der Waals surface area contributed by atoms with Gasteiger partial charge in [0.2, 0.25) is 0 Å². The molecule has 19 heavy (non-hydrogen) atoms. The number of piperidine rings is 1. The molecule has 1 aromatic carbocycles. The Bertz CT molecular complexity index is 488. The molecule has 1 atom stereocenters. The van der Waals surface area contributed by atoms with E-state index in [0.29, 0.717) is 31.2 Å². The standard InChI is InChI=1S/C14H20N2O3/c1-14(17)3-2-4-16(9-14)11-8-13-12(7-10(11)15)18-5-6-19-13/h7-8,17H,2-6,9,15H2,1H3. The number of hydrogen-bond acceptors (Lipinski definition) is 5. The molecular formula is C14H20N2O3. The van der Waals surface area contributed by atoms with Crippen LogP contribution in [0.1, 0.15) is 19.8 Å². The molecule has 2 aliphatic rings. The number of nitrogen functional groups attached to an aromatic ring is 1. The van der Waals surface area contributed by atoms with E-state index in [0.717, 1.165) is 30.8 Å². The van der Waals surface area contributed by atoms with Crippen molar-refractivity contribution < 1.29 is 14.6 Å². The van der Waals surface area contributed by atoms with E-state index in [-0.39, 0.29) is 0 Å². The van der Waals surface area contributed by atoms with Gasteiger partial charge >= 0.3 is 0 Å². The fraction of sp³-hybridized carbons (Fsp3) is 0.571. The molecule has 0 radical (unpaired) electrons. The number of fused-ring (bicyclic) bond motifs is 1. The number of ether oxygens (including phenoxy) is 2. The van der Waals surface area contributed by atoms with Crippen LogP contribution in [0.3, 0.4) is 0 Å². The molecule has 0 aliphatic carbocycles. The molecule has 0 amide bonds. The van der Waals surface area contributed by atoms with Crippen molar-refractivity contribution in [2.24, 2.45) is 0 Å². The largest absolute Gasteiger partial charge is 0.486 e. The SMILES string of the molecule is CC1(O)CCCN(c2cc3c(cc2N)OCCO3)C1. The van der Waals surface area contributed by atoms with Gasteiger partial charge < -0.3 is 25.2 Å². The van der Waals surface area contributed by atoms with E-state index < -0.39 is 5.60 Å². The number of aliphatic hydroxyl groups is 1. The summed E-state index contributed by atoms with van der Waals surface area (Å²) in [6, 6.07) is 3.73. The van der Waals surface area contributed by atoms with Crippen LogP contribution in [-0.4, -0.2) is 37.0 Å². The van der Waals surface area contributed by atoms with Gasteiger partial charge in [-0.3, -0.25) is 0 Å². The third kappa shape index (κ3) is 2.42. The summed E-state index contributed by atoms with van der Waals surface area (Å²) in [5, 5.41) is 10.2. The Morgan fingerprint density at radius 3 is 2.63 bits per heavy atom. The molecule has 5 nitrogen and oxygen atoms in total. The molecule has 0 saturated carbocycles. The highest BCUT2D eigenvalue weighted by atomic mass is 16.6. The van der Waals surface area contributed by atoms with Crippen LogP contribution in [0, 0.1) is 0 Å². The van der Waals surface area contributed by atoms with Gasteiger partial charge in [0.25, 0.3) is 0 Å². The molecule has 0 spiro atoms. The van der Waals surface area contributed by atoms with E-state index >= 15 is 0 Å². The van der Waals surface area contributed by atoms with Crippen molar-refractivity contribution in [2.45, 2.75) is 25.4 Å². The fourth-order valence-corrected chi connectivity index (χ4v) is 2.79. The molecule has 0 bridgehead atoms. The first-order chi connectivity index (χ1) is 9.05. The van der Waals surface area contributed by atoms with Crippen LogP contribution in [-0.2, 0) is 0 Å². The van der Waals surface area contributed by atoms with Gasteiger partial charge in [0.15, 0.2) is 11.5 Å². The van der Waals surface area contributed by atoms with Crippen molar-refractivity contribution >= 4 is 11.4 Å². The normalized spacial score (nSPS) is 26.3. The van der Waals surface area contributed by atoms with E-state index in [9.17, 15) is 5.11 Å². The van der Waals surface area contributed by atoms with Gasteiger partial charge in [-0.15, -0.1) is 0 Å². The molecule has 2 heterocycles. The number of anilines is 2. The van der Waals surface area contributed by atoms with Crippen molar-refractivity contribution in [1.82, 2.24) is 0 Å². The van der Waals surface area contributed by atoms with Crippen molar-refractivity contribution in [1.29, 1.82) is 0 Å². The lowest BCUT2D eigenvalue weighted by molar-refractivity contribution is 0.0449. The monoisotopic (exact) mass is 264 g/mol. The predicted molar refractivity (Wildman–Crippen MR) is 73.9 cm³/mol. The summed E-state index contributed by atoms with van der Waals surface area (Å²) < 4.78 is 11.1. The van der Waals surface area contributed by atoms with Crippen LogP contribution < -0.4 is 20.1 Å². The van der Waals surface area contributed by atoms with E-state index in [2.05, 4.69) is 4.90 Å². The third-order valence-corrected chi connectivity index (χ3v) is 3.71. The number of rotatable bonds is 1. The molecule has 1 unspecified atom stereocenters. The molecule has 3 rings (SSSR count). The van der Waals surface area contributed by atoms with Gasteiger partial charge in [-0.2, -0.15) is 0 Å². The van der Waals surface area contributed by atoms with Crippen LogP contribution in [0.5, 0.6) is 11.5 Å². The highest BCUT2D eigenvalue weighted by Crippen LogP contribution is 2.40. The first-order valence-electron chi connectivity index (χ1n) is 6.72. The maximum atomic E-state index is 10.2. The van der Waals surface area contributed by atoms with E-state index in [1.165, 1.54) is 0 Å². The minimum atomic E-state index is -0.655. The van der Waals surface area contributed by atoms with Crippen molar-refractivity contribution in [3.05, 3.63) is 12.1 Å². The average molecular weight is 264 g/mol. The van der Waals surface area contributed by atoms with Gasteiger partial charge in [0, 0.05) is 25.2 Å². The predicted octanol–water partition coefficient (Wildman–Crippen LogP) is 1.39. The number of hydrogen-bond donors (Lipinski definition) is 2. The van der Waals surface area contributed by atoms with Crippen LogP contribution in [0.25, 0.3) is 0 Å². The van der Waals surface area contributed by atoms with Crippen LogP contribution in [0.15, 0.2) is 12.1 Å². The third-order valence-electron chi connectivity index (χ3n) is 3.71. The summed E-state index contributed by atoms with van der Waals surface area (Å²) in [5.74, 6) is 1.44. The minimum Gasteiger partial charge on any atom is -0.486 e. The van der Waals surface area contributed by atoms with Crippen LogP contribution in [0.4, 0.5) is 11.4 Å². The van der Waals surface area contributed by atoms with Crippen LogP contribution in [0.2, 0.25) is 0 Å². The van der Waals surface area contributed by atoms with Crippen molar-refractivity contribution in [3.8, 4) is 11.5 Å².